The molecule has 6 heteroatoms. The predicted octanol–water partition coefficient (Wildman–Crippen LogP) is 1.89. The third kappa shape index (κ3) is 2.06. The molecule has 6 rings (SSSR count). The zero-order valence-corrected chi connectivity index (χ0v) is 14.7. The predicted molar refractivity (Wildman–Crippen MR) is 95.8 cm³/mol. The van der Waals surface area contributed by atoms with Crippen molar-refractivity contribution in [1.82, 2.24) is 19.4 Å². The smallest absolute Gasteiger partial charge is 0.334 e. The number of imidazole rings is 1. The van der Waals surface area contributed by atoms with E-state index in [1.54, 1.807) is 4.57 Å². The lowest BCUT2D eigenvalue weighted by molar-refractivity contribution is 0.162. The van der Waals surface area contributed by atoms with Crippen LogP contribution in [0.3, 0.4) is 0 Å². The van der Waals surface area contributed by atoms with Crippen LogP contribution in [0.15, 0.2) is 29.1 Å². The number of para-hydroxylation sites is 2. The summed E-state index contributed by atoms with van der Waals surface area (Å²) < 4.78 is 3.03. The summed E-state index contributed by atoms with van der Waals surface area (Å²) >= 11 is 0. The summed E-state index contributed by atoms with van der Waals surface area (Å²) in [4.78, 5) is 28.5. The highest BCUT2D eigenvalue weighted by Crippen LogP contribution is 2.47. The second kappa shape index (κ2) is 5.21. The topological polar surface area (TPSA) is 59.3 Å². The summed E-state index contributed by atoms with van der Waals surface area (Å²) in [6.07, 6.45) is 1.22. The number of carbonyl (C=O) groups is 1. The number of nitrogens with one attached hydrogen (secondary N) is 1. The van der Waals surface area contributed by atoms with Crippen LogP contribution in [0, 0.1) is 17.8 Å². The summed E-state index contributed by atoms with van der Waals surface area (Å²) in [5, 5.41) is 3.22. The zero-order chi connectivity index (χ0) is 17.3. The van der Waals surface area contributed by atoms with E-state index in [0.29, 0.717) is 17.4 Å². The van der Waals surface area contributed by atoms with Gasteiger partial charge in [-0.1, -0.05) is 12.1 Å². The molecule has 1 aliphatic carbocycles. The summed E-state index contributed by atoms with van der Waals surface area (Å²) in [6, 6.07) is 7.51. The van der Waals surface area contributed by atoms with Crippen molar-refractivity contribution in [2.45, 2.75) is 32.4 Å². The van der Waals surface area contributed by atoms with E-state index in [9.17, 15) is 9.59 Å². The molecular formula is C19H24N4O2. The molecule has 3 saturated heterocycles. The number of hydrogen-bond acceptors (Lipinski definition) is 3. The average Bonchev–Trinajstić information content (AvgIpc) is 3.11. The second-order valence-electron chi connectivity index (χ2n) is 8.18. The quantitative estimate of drug-likeness (QED) is 0.908. The van der Waals surface area contributed by atoms with Crippen LogP contribution in [0.2, 0.25) is 0 Å². The highest BCUT2D eigenvalue weighted by molar-refractivity contribution is 5.89. The molecule has 1 saturated carbocycles. The molecule has 4 bridgehead atoms. The first-order valence-corrected chi connectivity index (χ1v) is 9.30. The fourth-order valence-corrected chi connectivity index (χ4v) is 5.50. The van der Waals surface area contributed by atoms with Crippen molar-refractivity contribution in [2.75, 3.05) is 19.6 Å². The Kier molecular flexibility index (Phi) is 3.17. The van der Waals surface area contributed by atoms with Gasteiger partial charge in [-0.25, -0.2) is 14.2 Å². The van der Waals surface area contributed by atoms with E-state index in [0.717, 1.165) is 24.5 Å². The SMILES string of the molecule is CC(C)n1c(=O)n(C(=O)NC2C3CC4CN(C3)CC42)c2ccccc21. The standard InChI is InChI=1S/C19H24N4O2/c1-11(2)22-15-5-3-4-6-16(15)23(19(22)25)18(24)20-17-13-7-12-8-21(9-13)10-14(12)17/h3-6,11-14,17H,7-10H2,1-2H3,(H,20,24). The summed E-state index contributed by atoms with van der Waals surface area (Å²) in [6.45, 7) is 7.30. The number of rotatable bonds is 2. The van der Waals surface area contributed by atoms with Gasteiger partial charge < -0.3 is 10.2 Å². The van der Waals surface area contributed by atoms with Crippen LogP contribution in [0.25, 0.3) is 11.0 Å². The van der Waals surface area contributed by atoms with Crippen molar-refractivity contribution in [3.63, 3.8) is 0 Å². The lowest BCUT2D eigenvalue weighted by Crippen LogP contribution is -2.52. The Balaban J connectivity index is 1.52. The Hall–Kier alpha value is -2.08. The molecule has 1 aromatic heterocycles. The van der Waals surface area contributed by atoms with E-state index in [1.165, 1.54) is 17.5 Å². The highest BCUT2D eigenvalue weighted by atomic mass is 16.2. The number of benzene rings is 1. The number of amides is 1. The van der Waals surface area contributed by atoms with Gasteiger partial charge in [0.1, 0.15) is 0 Å². The van der Waals surface area contributed by atoms with Crippen LogP contribution in [-0.4, -0.2) is 45.7 Å². The number of nitrogens with zero attached hydrogens (tertiary/aromatic N) is 3. The average molecular weight is 340 g/mol. The summed E-state index contributed by atoms with van der Waals surface area (Å²) in [7, 11) is 0. The van der Waals surface area contributed by atoms with Gasteiger partial charge in [0.2, 0.25) is 0 Å². The fraction of sp³-hybridized carbons (Fsp3) is 0.579. The van der Waals surface area contributed by atoms with Crippen LogP contribution in [-0.2, 0) is 0 Å². The number of piperidine rings is 2. The van der Waals surface area contributed by atoms with E-state index in [2.05, 4.69) is 10.2 Å². The molecule has 1 aromatic carbocycles. The minimum atomic E-state index is -0.267. The molecule has 25 heavy (non-hydrogen) atoms. The molecule has 2 aromatic rings. The van der Waals surface area contributed by atoms with E-state index < -0.39 is 0 Å². The minimum absolute atomic E-state index is 0.0114. The van der Waals surface area contributed by atoms with Crippen molar-refractivity contribution in [2.24, 2.45) is 17.8 Å². The Morgan fingerprint density at radius 1 is 1.12 bits per heavy atom. The normalized spacial score (nSPS) is 32.8. The third-order valence-electron chi connectivity index (χ3n) is 6.42. The highest BCUT2D eigenvalue weighted by Gasteiger charge is 2.53. The molecular weight excluding hydrogens is 316 g/mol. The second-order valence-corrected chi connectivity index (χ2v) is 8.18. The number of aromatic nitrogens is 2. The molecule has 5 atom stereocenters. The van der Waals surface area contributed by atoms with Crippen molar-refractivity contribution in [3.05, 3.63) is 34.7 Å². The van der Waals surface area contributed by atoms with Crippen LogP contribution in [0.5, 0.6) is 0 Å². The number of hydrogen-bond donors (Lipinski definition) is 1. The maximum atomic E-state index is 13.0. The van der Waals surface area contributed by atoms with Crippen LogP contribution in [0.1, 0.15) is 26.3 Å². The van der Waals surface area contributed by atoms with E-state index in [1.807, 2.05) is 38.1 Å². The number of carbonyl (C=O) groups excluding carboxylic acids is 1. The molecule has 5 unspecified atom stereocenters. The molecule has 0 radical (unpaired) electrons. The maximum Gasteiger partial charge on any atom is 0.337 e. The Bertz CT molecular complexity index is 908. The van der Waals surface area contributed by atoms with Gasteiger partial charge in [-0.15, -0.1) is 0 Å². The van der Waals surface area contributed by atoms with Gasteiger partial charge in [0.25, 0.3) is 0 Å². The summed E-state index contributed by atoms with van der Waals surface area (Å²) in [5.41, 5.74) is 1.26. The van der Waals surface area contributed by atoms with Gasteiger partial charge in [-0.05, 0) is 50.2 Å². The monoisotopic (exact) mass is 340 g/mol. The van der Waals surface area contributed by atoms with Crippen LogP contribution in [0.4, 0.5) is 4.79 Å². The van der Waals surface area contributed by atoms with Gasteiger partial charge >= 0.3 is 11.7 Å². The summed E-state index contributed by atoms with van der Waals surface area (Å²) in [5.74, 6) is 1.81. The lowest BCUT2D eigenvalue weighted by Gasteiger charge is -2.34. The molecule has 1 N–H and O–H groups in total. The first-order chi connectivity index (χ1) is 12.0. The molecule has 4 heterocycles. The molecule has 132 valence electrons. The molecule has 3 aliphatic heterocycles. The van der Waals surface area contributed by atoms with Crippen LogP contribution < -0.4 is 11.0 Å². The van der Waals surface area contributed by atoms with Crippen molar-refractivity contribution in [3.8, 4) is 0 Å². The van der Waals surface area contributed by atoms with Crippen molar-refractivity contribution in [1.29, 1.82) is 0 Å². The van der Waals surface area contributed by atoms with Gasteiger partial charge in [-0.2, -0.15) is 0 Å². The molecule has 4 fully saturated rings. The maximum absolute atomic E-state index is 13.0. The van der Waals surface area contributed by atoms with E-state index >= 15 is 0 Å². The first kappa shape index (κ1) is 15.2. The van der Waals surface area contributed by atoms with Crippen molar-refractivity contribution >= 4 is 17.1 Å². The Labute approximate surface area is 146 Å². The Morgan fingerprint density at radius 2 is 1.84 bits per heavy atom. The minimum Gasteiger partial charge on any atom is -0.334 e. The largest absolute Gasteiger partial charge is 0.337 e. The molecule has 0 spiro atoms. The molecule has 1 amide bonds. The Morgan fingerprint density at radius 3 is 2.56 bits per heavy atom. The fourth-order valence-electron chi connectivity index (χ4n) is 5.50. The van der Waals surface area contributed by atoms with Gasteiger partial charge in [0.15, 0.2) is 0 Å². The van der Waals surface area contributed by atoms with Gasteiger partial charge in [0, 0.05) is 31.7 Å². The van der Waals surface area contributed by atoms with Gasteiger partial charge in [0.05, 0.1) is 11.0 Å². The lowest BCUT2D eigenvalue weighted by atomic mass is 9.94. The third-order valence-corrected chi connectivity index (χ3v) is 6.42. The van der Waals surface area contributed by atoms with Crippen molar-refractivity contribution < 1.29 is 4.79 Å². The van der Waals surface area contributed by atoms with Crippen LogP contribution >= 0.6 is 0 Å². The first-order valence-electron chi connectivity index (χ1n) is 9.30. The van der Waals surface area contributed by atoms with E-state index in [-0.39, 0.29) is 23.8 Å². The molecule has 4 aliphatic rings. The zero-order valence-electron chi connectivity index (χ0n) is 14.7. The molecule has 6 nitrogen and oxygen atoms in total. The van der Waals surface area contributed by atoms with Gasteiger partial charge in [-0.3, -0.25) is 4.57 Å². The van der Waals surface area contributed by atoms with E-state index in [4.69, 9.17) is 0 Å². The number of fused-ring (bicyclic) bond motifs is 1.